The number of imidazole rings is 1. The number of thiocarbonyl (C=S) groups is 1. The van der Waals surface area contributed by atoms with Gasteiger partial charge in [0.2, 0.25) is 0 Å². The number of hydrogen-bond donors (Lipinski definition) is 1. The van der Waals surface area contributed by atoms with Gasteiger partial charge >= 0.3 is 0 Å². The minimum atomic E-state index is 0.630. The first-order valence-corrected chi connectivity index (χ1v) is 4.64. The lowest BCUT2D eigenvalue weighted by Crippen LogP contribution is -2.20. The van der Waals surface area contributed by atoms with Crippen LogP contribution in [0.1, 0.15) is 5.82 Å². The highest BCUT2D eigenvalue weighted by atomic mass is 32.1. The Morgan fingerprint density at radius 2 is 2.36 bits per heavy atom. The maximum absolute atomic E-state index is 5.13. The van der Waals surface area contributed by atoms with Crippen molar-refractivity contribution in [3.63, 3.8) is 0 Å². The minimum Gasteiger partial charge on any atom is -0.376 e. The number of aryl methyl sites for hydroxylation is 1. The summed E-state index contributed by atoms with van der Waals surface area (Å²) in [6.07, 6.45) is 1.72. The zero-order valence-corrected chi connectivity index (χ0v) is 8.80. The molecule has 0 bridgehead atoms. The third kappa shape index (κ3) is 1.26. The van der Waals surface area contributed by atoms with Crippen LogP contribution in [-0.2, 0) is 7.05 Å². The number of nitrogens with one attached hydrogen (secondary N) is 1. The summed E-state index contributed by atoms with van der Waals surface area (Å²) in [6.45, 7) is 0. The second-order valence-corrected chi connectivity index (χ2v) is 3.33. The summed E-state index contributed by atoms with van der Waals surface area (Å²) in [5, 5.41) is 2.90. The first kappa shape index (κ1) is 9.08. The summed E-state index contributed by atoms with van der Waals surface area (Å²) >= 11 is 5.13. The highest BCUT2D eigenvalue weighted by Gasteiger charge is 2.10. The summed E-state index contributed by atoms with van der Waals surface area (Å²) in [7, 11) is 3.71. The van der Waals surface area contributed by atoms with Crippen LogP contribution in [0, 0.1) is 0 Å². The molecule has 0 aliphatic heterocycles. The Labute approximate surface area is 87.0 Å². The lowest BCUT2D eigenvalue weighted by atomic mass is 10.4. The highest BCUT2D eigenvalue weighted by molar-refractivity contribution is 7.80. The van der Waals surface area contributed by atoms with E-state index < -0.39 is 0 Å². The molecule has 5 heteroatoms. The minimum absolute atomic E-state index is 0.630. The molecular formula is C9H10N4S. The van der Waals surface area contributed by atoms with Crippen LogP contribution < -0.4 is 5.32 Å². The van der Waals surface area contributed by atoms with Crippen molar-refractivity contribution in [2.75, 3.05) is 7.05 Å². The van der Waals surface area contributed by atoms with E-state index in [2.05, 4.69) is 15.3 Å². The molecule has 0 atom stereocenters. The topological polar surface area (TPSA) is 42.7 Å². The molecule has 0 saturated heterocycles. The number of hydrogen-bond acceptors (Lipinski definition) is 3. The Morgan fingerprint density at radius 3 is 3.00 bits per heavy atom. The van der Waals surface area contributed by atoms with Gasteiger partial charge in [-0.25, -0.2) is 9.97 Å². The molecule has 0 radical (unpaired) electrons. The van der Waals surface area contributed by atoms with Crippen molar-refractivity contribution in [2.24, 2.45) is 7.05 Å². The van der Waals surface area contributed by atoms with E-state index in [4.69, 9.17) is 12.2 Å². The Hall–Kier alpha value is -1.49. The fourth-order valence-corrected chi connectivity index (χ4v) is 1.52. The lowest BCUT2D eigenvalue weighted by molar-refractivity contribution is 0.921. The average molecular weight is 206 g/mol. The summed E-state index contributed by atoms with van der Waals surface area (Å²) in [4.78, 5) is 9.12. The number of pyridine rings is 1. The van der Waals surface area contributed by atoms with Gasteiger partial charge < -0.3 is 9.88 Å². The van der Waals surface area contributed by atoms with Gasteiger partial charge in [0.1, 0.15) is 4.99 Å². The molecule has 0 aromatic carbocycles. The van der Waals surface area contributed by atoms with Gasteiger partial charge in [-0.1, -0.05) is 12.2 Å². The summed E-state index contributed by atoms with van der Waals surface area (Å²) in [5.74, 6) is 0.746. The van der Waals surface area contributed by atoms with E-state index in [0.29, 0.717) is 4.99 Å². The fraction of sp³-hybridized carbons (Fsp3) is 0.222. The molecular weight excluding hydrogens is 196 g/mol. The smallest absolute Gasteiger partial charge is 0.178 e. The van der Waals surface area contributed by atoms with E-state index in [0.717, 1.165) is 17.0 Å². The third-order valence-electron chi connectivity index (χ3n) is 2.09. The van der Waals surface area contributed by atoms with Gasteiger partial charge in [-0.15, -0.1) is 0 Å². The van der Waals surface area contributed by atoms with Gasteiger partial charge in [0.15, 0.2) is 11.5 Å². The zero-order valence-electron chi connectivity index (χ0n) is 7.98. The molecule has 2 aromatic heterocycles. The number of nitrogens with zero attached hydrogens (tertiary/aromatic N) is 3. The molecule has 4 nitrogen and oxygen atoms in total. The predicted molar refractivity (Wildman–Crippen MR) is 59.3 cm³/mol. The monoisotopic (exact) mass is 206 g/mol. The van der Waals surface area contributed by atoms with E-state index in [9.17, 15) is 0 Å². The van der Waals surface area contributed by atoms with Gasteiger partial charge in [-0.05, 0) is 12.1 Å². The summed E-state index contributed by atoms with van der Waals surface area (Å²) in [5.41, 5.74) is 1.71. The van der Waals surface area contributed by atoms with E-state index in [1.165, 1.54) is 0 Å². The van der Waals surface area contributed by atoms with Crippen LogP contribution in [0.3, 0.4) is 0 Å². The molecule has 14 heavy (non-hydrogen) atoms. The Morgan fingerprint density at radius 1 is 1.57 bits per heavy atom. The van der Waals surface area contributed by atoms with Gasteiger partial charge in [0, 0.05) is 20.3 Å². The maximum atomic E-state index is 5.13. The largest absolute Gasteiger partial charge is 0.376 e. The average Bonchev–Trinajstić information content (AvgIpc) is 2.56. The van der Waals surface area contributed by atoms with Crippen molar-refractivity contribution in [3.05, 3.63) is 24.2 Å². The summed E-state index contributed by atoms with van der Waals surface area (Å²) in [6, 6.07) is 3.85. The third-order valence-corrected chi connectivity index (χ3v) is 2.47. The van der Waals surface area contributed by atoms with Crippen LogP contribution in [0.5, 0.6) is 0 Å². The maximum Gasteiger partial charge on any atom is 0.178 e. The standard InChI is InChI=1S/C9H10N4S/c1-10-9(14)8-12-7-6(13(8)2)4-3-5-11-7/h3-5H,1-2H3,(H,10,14). The first-order valence-electron chi connectivity index (χ1n) is 4.23. The molecule has 72 valence electrons. The molecule has 0 unspecified atom stereocenters. The predicted octanol–water partition coefficient (Wildman–Crippen LogP) is 0.863. The van der Waals surface area contributed by atoms with Crippen LogP contribution in [0.25, 0.3) is 11.2 Å². The molecule has 0 amide bonds. The van der Waals surface area contributed by atoms with Crippen LogP contribution in [-0.4, -0.2) is 26.6 Å². The number of aromatic nitrogens is 3. The van der Waals surface area contributed by atoms with Gasteiger partial charge in [-0.2, -0.15) is 0 Å². The normalized spacial score (nSPS) is 10.4. The zero-order chi connectivity index (χ0) is 10.1. The first-order chi connectivity index (χ1) is 6.74. The van der Waals surface area contributed by atoms with E-state index >= 15 is 0 Å². The Kier molecular flexibility index (Phi) is 2.17. The fourth-order valence-electron chi connectivity index (χ4n) is 1.34. The molecule has 0 aliphatic carbocycles. The number of fused-ring (bicyclic) bond motifs is 1. The summed E-state index contributed by atoms with van der Waals surface area (Å²) < 4.78 is 1.93. The van der Waals surface area contributed by atoms with E-state index in [1.54, 1.807) is 13.2 Å². The highest BCUT2D eigenvalue weighted by Crippen LogP contribution is 2.11. The Bertz CT molecular complexity index is 489. The van der Waals surface area contributed by atoms with Crippen molar-refractivity contribution >= 4 is 28.4 Å². The van der Waals surface area contributed by atoms with Gasteiger partial charge in [-0.3, -0.25) is 0 Å². The molecule has 2 aromatic rings. The second-order valence-electron chi connectivity index (χ2n) is 2.92. The van der Waals surface area contributed by atoms with E-state index in [1.807, 2.05) is 23.7 Å². The van der Waals surface area contributed by atoms with Gasteiger partial charge in [0.05, 0.1) is 5.52 Å². The van der Waals surface area contributed by atoms with Crippen LogP contribution in [0.15, 0.2) is 18.3 Å². The molecule has 2 heterocycles. The van der Waals surface area contributed by atoms with Crippen LogP contribution in [0.4, 0.5) is 0 Å². The molecule has 0 spiro atoms. The second kappa shape index (κ2) is 3.34. The SMILES string of the molecule is CNC(=S)c1nc2ncccc2n1C. The van der Waals surface area contributed by atoms with Crippen molar-refractivity contribution in [2.45, 2.75) is 0 Å². The molecule has 1 N–H and O–H groups in total. The van der Waals surface area contributed by atoms with Crippen LogP contribution in [0.2, 0.25) is 0 Å². The van der Waals surface area contributed by atoms with Crippen molar-refractivity contribution in [1.82, 2.24) is 19.9 Å². The van der Waals surface area contributed by atoms with Crippen molar-refractivity contribution < 1.29 is 0 Å². The quantitative estimate of drug-likeness (QED) is 0.703. The molecule has 0 saturated carbocycles. The van der Waals surface area contributed by atoms with Gasteiger partial charge in [0.25, 0.3) is 0 Å². The lowest BCUT2D eigenvalue weighted by Gasteiger charge is -2.01. The molecule has 2 rings (SSSR count). The van der Waals surface area contributed by atoms with Crippen molar-refractivity contribution in [3.8, 4) is 0 Å². The Balaban J connectivity index is 2.68. The number of rotatable bonds is 1. The van der Waals surface area contributed by atoms with Crippen LogP contribution >= 0.6 is 12.2 Å². The van der Waals surface area contributed by atoms with E-state index in [-0.39, 0.29) is 0 Å². The van der Waals surface area contributed by atoms with Crippen molar-refractivity contribution in [1.29, 1.82) is 0 Å². The molecule has 0 aliphatic rings. The molecule has 0 fully saturated rings.